The molecular formula is C14H20ClN3O4S. The van der Waals surface area contributed by atoms with E-state index in [4.69, 9.17) is 0 Å². The Balaban J connectivity index is 0.00000192. The van der Waals surface area contributed by atoms with Gasteiger partial charge in [-0.25, -0.2) is 8.42 Å². The fraction of sp³-hybridized carbons (Fsp3) is 0.571. The SMILES string of the molecule is Cc1cc([N+](=O)[O-])ccc1S(=O)(=O)N1CCC2(CCNC2)C1.Cl. The number of halogens is 1. The van der Waals surface area contributed by atoms with Gasteiger partial charge in [-0.1, -0.05) is 0 Å². The van der Waals surface area contributed by atoms with E-state index in [0.717, 1.165) is 25.9 Å². The molecule has 0 saturated carbocycles. The Kier molecular flexibility index (Phi) is 5.00. The molecule has 2 saturated heterocycles. The Bertz CT molecular complexity index is 717. The highest BCUT2D eigenvalue weighted by Gasteiger charge is 2.44. The molecule has 1 atom stereocenters. The first-order chi connectivity index (χ1) is 10.3. The van der Waals surface area contributed by atoms with Gasteiger partial charge in [0.1, 0.15) is 0 Å². The molecule has 23 heavy (non-hydrogen) atoms. The lowest BCUT2D eigenvalue weighted by atomic mass is 9.87. The molecule has 2 aliphatic rings. The monoisotopic (exact) mass is 361 g/mol. The van der Waals surface area contributed by atoms with Crippen LogP contribution in [0.4, 0.5) is 5.69 Å². The lowest BCUT2D eigenvalue weighted by Gasteiger charge is -2.23. The fourth-order valence-corrected chi connectivity index (χ4v) is 5.18. The first-order valence-corrected chi connectivity index (χ1v) is 8.74. The zero-order valence-corrected chi connectivity index (χ0v) is 14.5. The van der Waals surface area contributed by atoms with Crippen LogP contribution < -0.4 is 5.32 Å². The molecule has 0 radical (unpaired) electrons. The summed E-state index contributed by atoms with van der Waals surface area (Å²) in [6.45, 7) is 4.44. The highest BCUT2D eigenvalue weighted by Crippen LogP contribution is 2.39. The van der Waals surface area contributed by atoms with Crippen molar-refractivity contribution in [2.45, 2.75) is 24.7 Å². The molecule has 7 nitrogen and oxygen atoms in total. The van der Waals surface area contributed by atoms with Gasteiger partial charge in [-0.2, -0.15) is 4.31 Å². The van der Waals surface area contributed by atoms with E-state index >= 15 is 0 Å². The van der Waals surface area contributed by atoms with Crippen LogP contribution in [-0.4, -0.2) is 43.8 Å². The summed E-state index contributed by atoms with van der Waals surface area (Å²) in [7, 11) is -3.59. The average molecular weight is 362 g/mol. The second-order valence-corrected chi connectivity index (χ2v) is 8.13. The normalized spacial score (nSPS) is 24.7. The molecule has 0 bridgehead atoms. The molecule has 2 heterocycles. The second kappa shape index (κ2) is 6.35. The van der Waals surface area contributed by atoms with Crippen LogP contribution in [0.5, 0.6) is 0 Å². The van der Waals surface area contributed by atoms with Crippen LogP contribution in [0, 0.1) is 22.5 Å². The van der Waals surface area contributed by atoms with Gasteiger partial charge in [0.2, 0.25) is 10.0 Å². The van der Waals surface area contributed by atoms with Gasteiger partial charge in [-0.05, 0) is 43.4 Å². The summed E-state index contributed by atoms with van der Waals surface area (Å²) in [5.74, 6) is 0. The van der Waals surface area contributed by atoms with Crippen molar-refractivity contribution in [1.82, 2.24) is 9.62 Å². The topological polar surface area (TPSA) is 92.5 Å². The first kappa shape index (κ1) is 18.1. The predicted octanol–water partition coefficient (Wildman–Crippen LogP) is 1.70. The third-order valence-corrected chi connectivity index (χ3v) is 6.73. The van der Waals surface area contributed by atoms with Gasteiger partial charge in [0.25, 0.3) is 5.69 Å². The van der Waals surface area contributed by atoms with Crippen molar-refractivity contribution in [3.8, 4) is 0 Å². The van der Waals surface area contributed by atoms with Crippen LogP contribution in [0.3, 0.4) is 0 Å². The van der Waals surface area contributed by atoms with Gasteiger partial charge >= 0.3 is 0 Å². The van der Waals surface area contributed by atoms with Crippen LogP contribution in [-0.2, 0) is 10.0 Å². The van der Waals surface area contributed by atoms with Crippen molar-refractivity contribution in [1.29, 1.82) is 0 Å². The van der Waals surface area contributed by atoms with E-state index in [0.29, 0.717) is 18.7 Å². The fourth-order valence-electron chi connectivity index (χ4n) is 3.42. The van der Waals surface area contributed by atoms with Gasteiger partial charge < -0.3 is 5.32 Å². The highest BCUT2D eigenvalue weighted by atomic mass is 35.5. The minimum Gasteiger partial charge on any atom is -0.316 e. The number of nitro benzene ring substituents is 1. The van der Waals surface area contributed by atoms with Gasteiger partial charge in [0.05, 0.1) is 9.82 Å². The second-order valence-electron chi connectivity index (χ2n) is 6.22. The molecule has 0 amide bonds. The predicted molar refractivity (Wildman–Crippen MR) is 88.4 cm³/mol. The Hall–Kier alpha value is -1.22. The summed E-state index contributed by atoms with van der Waals surface area (Å²) in [5, 5.41) is 14.1. The molecule has 3 rings (SSSR count). The quantitative estimate of drug-likeness (QED) is 0.653. The Morgan fingerprint density at radius 1 is 1.35 bits per heavy atom. The molecule has 1 spiro atoms. The number of sulfonamides is 1. The van der Waals surface area contributed by atoms with E-state index in [1.165, 1.54) is 22.5 Å². The molecule has 1 aromatic carbocycles. The lowest BCUT2D eigenvalue weighted by molar-refractivity contribution is -0.385. The van der Waals surface area contributed by atoms with E-state index in [-0.39, 0.29) is 28.4 Å². The third kappa shape index (κ3) is 3.21. The Labute approximate surface area is 141 Å². The van der Waals surface area contributed by atoms with Crippen LogP contribution in [0.15, 0.2) is 23.1 Å². The number of nitrogens with zero attached hydrogens (tertiary/aromatic N) is 2. The number of benzene rings is 1. The largest absolute Gasteiger partial charge is 0.316 e. The highest BCUT2D eigenvalue weighted by molar-refractivity contribution is 7.89. The minimum atomic E-state index is -3.59. The molecule has 2 aliphatic heterocycles. The standard InChI is InChI=1S/C14H19N3O4S.ClH/c1-11-8-12(17(18)19)2-3-13(11)22(20,21)16-7-5-14(10-16)4-6-15-9-14;/h2-3,8,15H,4-7,9-10H2,1H3;1H. The number of nitrogens with one attached hydrogen (secondary N) is 1. The summed E-state index contributed by atoms with van der Waals surface area (Å²) in [5.41, 5.74) is 0.385. The van der Waals surface area contributed by atoms with E-state index in [1.54, 1.807) is 6.92 Å². The summed E-state index contributed by atoms with van der Waals surface area (Å²) >= 11 is 0. The van der Waals surface area contributed by atoms with Crippen molar-refractivity contribution >= 4 is 28.1 Å². The van der Waals surface area contributed by atoms with Crippen LogP contribution >= 0.6 is 12.4 Å². The van der Waals surface area contributed by atoms with Crippen LogP contribution in [0.25, 0.3) is 0 Å². The number of aryl methyl sites for hydroxylation is 1. The Morgan fingerprint density at radius 3 is 2.65 bits per heavy atom. The van der Waals surface area contributed by atoms with Crippen LogP contribution in [0.2, 0.25) is 0 Å². The molecule has 1 unspecified atom stereocenters. The minimum absolute atomic E-state index is 0. The molecule has 128 valence electrons. The smallest absolute Gasteiger partial charge is 0.269 e. The number of rotatable bonds is 3. The summed E-state index contributed by atoms with van der Waals surface area (Å²) in [6, 6.07) is 3.92. The lowest BCUT2D eigenvalue weighted by Crippen LogP contribution is -2.33. The molecule has 0 aliphatic carbocycles. The summed E-state index contributed by atoms with van der Waals surface area (Å²) < 4.78 is 27.1. The number of non-ortho nitro benzene ring substituents is 1. The maximum absolute atomic E-state index is 12.8. The van der Waals surface area contributed by atoms with Gasteiger partial charge in [0, 0.05) is 31.8 Å². The number of nitro groups is 1. The number of hydrogen-bond acceptors (Lipinski definition) is 5. The average Bonchev–Trinajstić information content (AvgIpc) is 3.09. The molecule has 1 aromatic rings. The molecule has 9 heteroatoms. The van der Waals surface area contributed by atoms with E-state index in [1.807, 2.05) is 0 Å². The summed E-state index contributed by atoms with van der Waals surface area (Å²) in [4.78, 5) is 10.4. The van der Waals surface area contributed by atoms with Crippen LogP contribution in [0.1, 0.15) is 18.4 Å². The van der Waals surface area contributed by atoms with Gasteiger partial charge in [-0.15, -0.1) is 12.4 Å². The van der Waals surface area contributed by atoms with Gasteiger partial charge in [-0.3, -0.25) is 10.1 Å². The maximum atomic E-state index is 12.8. The molecule has 1 N–H and O–H groups in total. The van der Waals surface area contributed by atoms with E-state index in [2.05, 4.69) is 5.32 Å². The molecule has 0 aromatic heterocycles. The third-order valence-electron chi connectivity index (χ3n) is 4.72. The maximum Gasteiger partial charge on any atom is 0.269 e. The molecule has 2 fully saturated rings. The van der Waals surface area contributed by atoms with Crippen molar-refractivity contribution in [3.63, 3.8) is 0 Å². The van der Waals surface area contributed by atoms with Crippen molar-refractivity contribution in [3.05, 3.63) is 33.9 Å². The van der Waals surface area contributed by atoms with E-state index < -0.39 is 14.9 Å². The van der Waals surface area contributed by atoms with Gasteiger partial charge in [0.15, 0.2) is 0 Å². The Morgan fingerprint density at radius 2 is 2.09 bits per heavy atom. The zero-order valence-electron chi connectivity index (χ0n) is 12.8. The zero-order chi connectivity index (χ0) is 16.0. The molecular weight excluding hydrogens is 342 g/mol. The van der Waals surface area contributed by atoms with Crippen molar-refractivity contribution in [2.75, 3.05) is 26.2 Å². The first-order valence-electron chi connectivity index (χ1n) is 7.30. The van der Waals surface area contributed by atoms with E-state index in [9.17, 15) is 18.5 Å². The summed E-state index contributed by atoms with van der Waals surface area (Å²) in [6.07, 6.45) is 1.86. The van der Waals surface area contributed by atoms with Crippen molar-refractivity contribution < 1.29 is 13.3 Å². The number of hydrogen-bond donors (Lipinski definition) is 1. The van der Waals surface area contributed by atoms with Crippen molar-refractivity contribution in [2.24, 2.45) is 5.41 Å².